The topological polar surface area (TPSA) is 79.5 Å². The molecule has 6 nitrogen and oxygen atoms in total. The first-order valence-electron chi connectivity index (χ1n) is 8.27. The highest BCUT2D eigenvalue weighted by Crippen LogP contribution is 2.23. The van der Waals surface area contributed by atoms with Gasteiger partial charge in [-0.15, -0.1) is 0 Å². The minimum atomic E-state index is -0.148. The van der Waals surface area contributed by atoms with Crippen molar-refractivity contribution in [2.45, 2.75) is 38.8 Å². The van der Waals surface area contributed by atoms with Gasteiger partial charge in [0.05, 0.1) is 5.92 Å². The number of hydrogen-bond acceptors (Lipinski definition) is 4. The predicted molar refractivity (Wildman–Crippen MR) is 86.3 cm³/mol. The normalized spacial score (nSPS) is 24.8. The molecule has 1 aromatic heterocycles. The molecule has 0 saturated carbocycles. The van der Waals surface area contributed by atoms with E-state index in [9.17, 15) is 9.59 Å². The van der Waals surface area contributed by atoms with E-state index in [1.165, 1.54) is 0 Å². The van der Waals surface area contributed by atoms with Gasteiger partial charge in [0, 0.05) is 57.5 Å². The van der Waals surface area contributed by atoms with E-state index in [1.807, 2.05) is 17.0 Å². The molecule has 0 aliphatic carbocycles. The van der Waals surface area contributed by atoms with E-state index >= 15 is 0 Å². The van der Waals surface area contributed by atoms with E-state index in [0.717, 1.165) is 30.5 Å². The average molecular weight is 316 g/mol. The summed E-state index contributed by atoms with van der Waals surface area (Å²) in [6.07, 6.45) is 4.13. The van der Waals surface area contributed by atoms with Crippen LogP contribution in [0.15, 0.2) is 18.3 Å². The molecule has 0 bridgehead atoms. The average Bonchev–Trinajstić information content (AvgIpc) is 2.76. The van der Waals surface area contributed by atoms with Crippen LogP contribution in [0.1, 0.15) is 31.0 Å². The van der Waals surface area contributed by atoms with Crippen molar-refractivity contribution in [3.63, 3.8) is 0 Å². The van der Waals surface area contributed by atoms with E-state index in [-0.39, 0.29) is 23.8 Å². The molecule has 3 heterocycles. The first kappa shape index (κ1) is 15.9. The van der Waals surface area contributed by atoms with Gasteiger partial charge in [0.1, 0.15) is 0 Å². The highest BCUT2D eigenvalue weighted by atomic mass is 16.2. The fourth-order valence-corrected chi connectivity index (χ4v) is 3.49. The largest absolute Gasteiger partial charge is 0.341 e. The monoisotopic (exact) mass is 316 g/mol. The van der Waals surface area contributed by atoms with Crippen molar-refractivity contribution < 1.29 is 9.59 Å². The van der Waals surface area contributed by atoms with Crippen LogP contribution in [-0.4, -0.2) is 52.3 Å². The lowest BCUT2D eigenvalue weighted by Gasteiger charge is -2.32. The number of likely N-dealkylation sites (tertiary alicyclic amines) is 1. The van der Waals surface area contributed by atoms with Crippen LogP contribution in [0, 0.1) is 5.92 Å². The van der Waals surface area contributed by atoms with Gasteiger partial charge in [0.25, 0.3) is 0 Å². The Kier molecular flexibility index (Phi) is 4.61. The number of amides is 2. The highest BCUT2D eigenvalue weighted by molar-refractivity contribution is 5.81. The summed E-state index contributed by atoms with van der Waals surface area (Å²) in [6.45, 7) is 3.89. The van der Waals surface area contributed by atoms with Crippen molar-refractivity contribution in [2.24, 2.45) is 11.7 Å². The van der Waals surface area contributed by atoms with E-state index < -0.39 is 0 Å². The third-order valence-corrected chi connectivity index (χ3v) is 4.85. The molecule has 23 heavy (non-hydrogen) atoms. The maximum Gasteiger partial charge on any atom is 0.227 e. The van der Waals surface area contributed by atoms with Crippen LogP contribution in [0.25, 0.3) is 0 Å². The molecule has 2 amide bonds. The van der Waals surface area contributed by atoms with Crippen molar-refractivity contribution in [2.75, 3.05) is 19.6 Å². The van der Waals surface area contributed by atoms with Crippen molar-refractivity contribution in [3.05, 3.63) is 29.6 Å². The number of carbonyl (C=O) groups is 2. The number of aromatic nitrogens is 1. The fourth-order valence-electron chi connectivity index (χ4n) is 3.49. The Labute approximate surface area is 136 Å². The van der Waals surface area contributed by atoms with Gasteiger partial charge in [-0.3, -0.25) is 14.6 Å². The van der Waals surface area contributed by atoms with E-state index in [0.29, 0.717) is 26.2 Å². The van der Waals surface area contributed by atoms with Gasteiger partial charge in [-0.25, -0.2) is 0 Å². The molecule has 1 saturated heterocycles. The Bertz CT molecular complexity index is 604. The summed E-state index contributed by atoms with van der Waals surface area (Å²) in [5, 5.41) is 0. The third kappa shape index (κ3) is 3.52. The Hall–Kier alpha value is -1.95. The van der Waals surface area contributed by atoms with E-state index in [1.54, 1.807) is 18.0 Å². The smallest absolute Gasteiger partial charge is 0.227 e. The number of nitrogens with two attached hydrogens (primary N) is 1. The lowest BCUT2D eigenvalue weighted by molar-refractivity contribution is -0.138. The molecule has 1 fully saturated rings. The summed E-state index contributed by atoms with van der Waals surface area (Å²) < 4.78 is 0. The maximum atomic E-state index is 12.9. The second kappa shape index (κ2) is 6.66. The van der Waals surface area contributed by atoms with Crippen LogP contribution in [0.5, 0.6) is 0 Å². The maximum absolute atomic E-state index is 12.9. The Balaban J connectivity index is 1.71. The summed E-state index contributed by atoms with van der Waals surface area (Å²) in [5.74, 6) is -0.0149. The minimum absolute atomic E-state index is 0.00617. The zero-order valence-corrected chi connectivity index (χ0v) is 13.6. The number of pyridine rings is 1. The molecule has 1 aromatic rings. The molecule has 3 rings (SSSR count). The van der Waals surface area contributed by atoms with Gasteiger partial charge in [-0.05, 0) is 24.5 Å². The Morgan fingerprint density at radius 2 is 2.09 bits per heavy atom. The second-order valence-corrected chi connectivity index (χ2v) is 6.58. The van der Waals surface area contributed by atoms with Gasteiger partial charge in [0.15, 0.2) is 0 Å². The van der Waals surface area contributed by atoms with Crippen molar-refractivity contribution in [1.29, 1.82) is 0 Å². The quantitative estimate of drug-likeness (QED) is 0.821. The summed E-state index contributed by atoms with van der Waals surface area (Å²) in [7, 11) is 0. The number of nitrogens with zero attached hydrogens (tertiary/aromatic N) is 3. The molecule has 2 aliphatic rings. The molecule has 124 valence electrons. The molecule has 6 heteroatoms. The molecular formula is C17H24N4O2. The van der Waals surface area contributed by atoms with Crippen molar-refractivity contribution in [3.8, 4) is 0 Å². The standard InChI is InChI=1S/C17H24N4O2/c1-12(22)21-10-14(4-5-15(18)11-21)17(23)20-8-6-16-13(9-20)3-2-7-19-16/h2-3,7,14-15H,4-6,8-11,18H2,1H3/t14-,15+/m1/s1. The molecule has 0 aromatic carbocycles. The number of carbonyl (C=O) groups excluding carboxylic acids is 2. The third-order valence-electron chi connectivity index (χ3n) is 4.85. The lowest BCUT2D eigenvalue weighted by atomic mass is 9.98. The first-order chi connectivity index (χ1) is 11.0. The SMILES string of the molecule is CC(=O)N1C[C@@H](N)CC[C@@H](C(=O)N2CCc3ncccc3C2)C1. The van der Waals surface area contributed by atoms with Gasteiger partial charge in [0.2, 0.25) is 11.8 Å². The van der Waals surface area contributed by atoms with Crippen LogP contribution < -0.4 is 5.73 Å². The predicted octanol–water partition coefficient (Wildman–Crippen LogP) is 0.552. The zero-order valence-electron chi connectivity index (χ0n) is 13.6. The molecule has 2 aliphatic heterocycles. The molecule has 2 N–H and O–H groups in total. The summed E-state index contributed by atoms with van der Waals surface area (Å²) in [5.41, 5.74) is 8.25. The van der Waals surface area contributed by atoms with Crippen LogP contribution in [0.2, 0.25) is 0 Å². The van der Waals surface area contributed by atoms with E-state index in [4.69, 9.17) is 5.73 Å². The number of hydrogen-bond donors (Lipinski definition) is 1. The van der Waals surface area contributed by atoms with Gasteiger partial charge >= 0.3 is 0 Å². The number of fused-ring (bicyclic) bond motifs is 1. The molecule has 2 atom stereocenters. The minimum Gasteiger partial charge on any atom is -0.341 e. The van der Waals surface area contributed by atoms with Crippen LogP contribution in [0.4, 0.5) is 0 Å². The molecule has 0 spiro atoms. The van der Waals surface area contributed by atoms with E-state index in [2.05, 4.69) is 4.98 Å². The Morgan fingerprint density at radius 3 is 2.87 bits per heavy atom. The van der Waals surface area contributed by atoms with Crippen LogP contribution in [0.3, 0.4) is 0 Å². The highest BCUT2D eigenvalue weighted by Gasteiger charge is 2.32. The van der Waals surface area contributed by atoms with Gasteiger partial charge < -0.3 is 15.5 Å². The fraction of sp³-hybridized carbons (Fsp3) is 0.588. The van der Waals surface area contributed by atoms with Gasteiger partial charge in [-0.2, -0.15) is 0 Å². The van der Waals surface area contributed by atoms with Crippen molar-refractivity contribution in [1.82, 2.24) is 14.8 Å². The first-order valence-corrected chi connectivity index (χ1v) is 8.27. The van der Waals surface area contributed by atoms with Crippen LogP contribution >= 0.6 is 0 Å². The molecule has 0 unspecified atom stereocenters. The zero-order chi connectivity index (χ0) is 16.4. The van der Waals surface area contributed by atoms with Crippen LogP contribution in [-0.2, 0) is 22.6 Å². The summed E-state index contributed by atoms with van der Waals surface area (Å²) >= 11 is 0. The lowest BCUT2D eigenvalue weighted by Crippen LogP contribution is -2.44. The van der Waals surface area contributed by atoms with Crippen molar-refractivity contribution >= 4 is 11.8 Å². The summed E-state index contributed by atoms with van der Waals surface area (Å²) in [6, 6.07) is 3.91. The number of rotatable bonds is 1. The summed E-state index contributed by atoms with van der Waals surface area (Å²) in [4.78, 5) is 32.7. The van der Waals surface area contributed by atoms with Gasteiger partial charge in [-0.1, -0.05) is 6.07 Å². The Morgan fingerprint density at radius 1 is 1.26 bits per heavy atom. The second-order valence-electron chi connectivity index (χ2n) is 6.58. The molecular weight excluding hydrogens is 292 g/mol. The molecule has 0 radical (unpaired) electrons.